The molecule has 0 saturated heterocycles. The zero-order valence-electron chi connectivity index (χ0n) is 8.64. The number of fused-ring (bicyclic) bond motifs is 1. The van der Waals surface area contributed by atoms with E-state index in [0.29, 0.717) is 11.3 Å². The molecule has 3 N–H and O–H groups in total. The van der Waals surface area contributed by atoms with E-state index in [1.807, 2.05) is 0 Å². The van der Waals surface area contributed by atoms with Crippen LogP contribution >= 0.6 is 0 Å². The Balaban J connectivity index is 2.50. The highest BCUT2D eigenvalue weighted by molar-refractivity contribution is 5.56. The maximum atomic E-state index is 9.79. The standard InChI is InChI=1S/C10H14N4O/c1-2-3-4-7-9(15)10(11)14-8(13-7)5-6-12-14/h5-6,15H,2-4,11H2,1H3. The number of aromatic nitrogens is 3. The van der Waals surface area contributed by atoms with Crippen LogP contribution in [0.25, 0.3) is 5.65 Å². The lowest BCUT2D eigenvalue weighted by Gasteiger charge is -2.07. The molecule has 0 radical (unpaired) electrons. The fourth-order valence-corrected chi connectivity index (χ4v) is 1.52. The van der Waals surface area contributed by atoms with Gasteiger partial charge in [-0.3, -0.25) is 0 Å². The molecule has 5 heteroatoms. The highest BCUT2D eigenvalue weighted by Crippen LogP contribution is 2.25. The monoisotopic (exact) mass is 206 g/mol. The SMILES string of the molecule is CCCCc1nc2ccnn2c(N)c1O. The van der Waals surface area contributed by atoms with Crippen molar-refractivity contribution < 1.29 is 5.11 Å². The molecule has 0 saturated carbocycles. The van der Waals surface area contributed by atoms with Gasteiger partial charge in [-0.05, 0) is 12.8 Å². The fraction of sp³-hybridized carbons (Fsp3) is 0.400. The lowest BCUT2D eigenvalue weighted by Crippen LogP contribution is -2.04. The zero-order valence-corrected chi connectivity index (χ0v) is 8.64. The minimum Gasteiger partial charge on any atom is -0.503 e. The number of aryl methyl sites for hydroxylation is 1. The van der Waals surface area contributed by atoms with Crippen LogP contribution in [0, 0.1) is 0 Å². The summed E-state index contributed by atoms with van der Waals surface area (Å²) in [4.78, 5) is 4.30. The molecule has 0 atom stereocenters. The Labute approximate surface area is 87.6 Å². The van der Waals surface area contributed by atoms with Crippen molar-refractivity contribution in [3.63, 3.8) is 0 Å². The van der Waals surface area contributed by atoms with E-state index in [9.17, 15) is 5.11 Å². The van der Waals surface area contributed by atoms with Crippen molar-refractivity contribution in [2.45, 2.75) is 26.2 Å². The summed E-state index contributed by atoms with van der Waals surface area (Å²) >= 11 is 0. The van der Waals surface area contributed by atoms with Crippen LogP contribution in [0.2, 0.25) is 0 Å². The summed E-state index contributed by atoms with van der Waals surface area (Å²) in [5.74, 6) is 0.316. The second-order valence-corrected chi connectivity index (χ2v) is 3.50. The van der Waals surface area contributed by atoms with Gasteiger partial charge in [0.25, 0.3) is 0 Å². The van der Waals surface area contributed by atoms with E-state index in [0.717, 1.165) is 19.3 Å². The lowest BCUT2D eigenvalue weighted by molar-refractivity contribution is 0.461. The van der Waals surface area contributed by atoms with Crippen LogP contribution < -0.4 is 5.73 Å². The zero-order chi connectivity index (χ0) is 10.8. The van der Waals surface area contributed by atoms with Gasteiger partial charge in [0, 0.05) is 6.07 Å². The topological polar surface area (TPSA) is 76.4 Å². The molecule has 0 unspecified atom stereocenters. The fourth-order valence-electron chi connectivity index (χ4n) is 1.52. The Morgan fingerprint density at radius 2 is 2.33 bits per heavy atom. The Hall–Kier alpha value is -1.78. The van der Waals surface area contributed by atoms with Crippen molar-refractivity contribution in [2.24, 2.45) is 0 Å². The maximum absolute atomic E-state index is 9.79. The summed E-state index contributed by atoms with van der Waals surface area (Å²) in [6.07, 6.45) is 4.41. The van der Waals surface area contributed by atoms with Crippen LogP contribution in [0.1, 0.15) is 25.5 Å². The summed E-state index contributed by atoms with van der Waals surface area (Å²) in [5, 5.41) is 13.8. The largest absolute Gasteiger partial charge is 0.503 e. The second-order valence-electron chi connectivity index (χ2n) is 3.50. The number of aromatic hydroxyl groups is 1. The number of hydrogen-bond acceptors (Lipinski definition) is 4. The van der Waals surface area contributed by atoms with Crippen molar-refractivity contribution in [3.05, 3.63) is 18.0 Å². The van der Waals surface area contributed by atoms with Crippen LogP contribution in [0.5, 0.6) is 5.75 Å². The molecule has 2 rings (SSSR count). The van der Waals surface area contributed by atoms with Gasteiger partial charge >= 0.3 is 0 Å². The van der Waals surface area contributed by atoms with E-state index in [4.69, 9.17) is 5.73 Å². The number of hydrogen-bond donors (Lipinski definition) is 2. The number of unbranched alkanes of at least 4 members (excludes halogenated alkanes) is 1. The van der Waals surface area contributed by atoms with Gasteiger partial charge in [-0.2, -0.15) is 9.61 Å². The van der Waals surface area contributed by atoms with E-state index in [1.165, 1.54) is 4.52 Å². The number of nitrogens with zero attached hydrogens (tertiary/aromatic N) is 3. The first kappa shape index (κ1) is 9.76. The first-order valence-corrected chi connectivity index (χ1v) is 5.05. The molecular formula is C10H14N4O. The van der Waals surface area contributed by atoms with Gasteiger partial charge in [-0.1, -0.05) is 13.3 Å². The van der Waals surface area contributed by atoms with Gasteiger partial charge in [0.2, 0.25) is 0 Å². The number of anilines is 1. The number of nitrogens with two attached hydrogens (primary N) is 1. The first-order chi connectivity index (χ1) is 7.24. The second kappa shape index (κ2) is 3.76. The normalized spacial score (nSPS) is 11.0. The van der Waals surface area contributed by atoms with E-state index in [2.05, 4.69) is 17.0 Å². The molecule has 0 aromatic carbocycles. The number of nitrogen functional groups attached to an aromatic ring is 1. The minimum absolute atomic E-state index is 0.0552. The summed E-state index contributed by atoms with van der Waals surface area (Å²) in [6, 6.07) is 1.77. The predicted octanol–water partition coefficient (Wildman–Crippen LogP) is 1.36. The van der Waals surface area contributed by atoms with Crippen molar-refractivity contribution in [1.82, 2.24) is 14.6 Å². The third kappa shape index (κ3) is 1.60. The highest BCUT2D eigenvalue weighted by atomic mass is 16.3. The number of rotatable bonds is 3. The van der Waals surface area contributed by atoms with Gasteiger partial charge in [0.1, 0.15) is 0 Å². The summed E-state index contributed by atoms with van der Waals surface area (Å²) in [7, 11) is 0. The Morgan fingerprint density at radius 3 is 3.07 bits per heavy atom. The maximum Gasteiger partial charge on any atom is 0.180 e. The van der Waals surface area contributed by atoms with E-state index < -0.39 is 0 Å². The van der Waals surface area contributed by atoms with Gasteiger partial charge in [-0.25, -0.2) is 4.98 Å². The van der Waals surface area contributed by atoms with Gasteiger partial charge in [-0.15, -0.1) is 0 Å². The summed E-state index contributed by atoms with van der Waals surface area (Å²) in [5.41, 5.74) is 7.08. The first-order valence-electron chi connectivity index (χ1n) is 5.05. The molecule has 0 aliphatic carbocycles. The molecule has 5 nitrogen and oxygen atoms in total. The van der Waals surface area contributed by atoms with E-state index >= 15 is 0 Å². The van der Waals surface area contributed by atoms with Crippen molar-refractivity contribution in [3.8, 4) is 5.75 Å². The molecule has 0 spiro atoms. The summed E-state index contributed by atoms with van der Waals surface area (Å²) < 4.78 is 1.44. The highest BCUT2D eigenvalue weighted by Gasteiger charge is 2.11. The molecule has 2 aromatic heterocycles. The van der Waals surface area contributed by atoms with Crippen LogP contribution in [0.3, 0.4) is 0 Å². The van der Waals surface area contributed by atoms with E-state index in [-0.39, 0.29) is 11.6 Å². The van der Waals surface area contributed by atoms with Gasteiger partial charge < -0.3 is 10.8 Å². The lowest BCUT2D eigenvalue weighted by atomic mass is 10.2. The quantitative estimate of drug-likeness (QED) is 0.795. The third-order valence-electron chi connectivity index (χ3n) is 2.38. The van der Waals surface area contributed by atoms with Crippen LogP contribution in [0.15, 0.2) is 12.3 Å². The minimum atomic E-state index is 0.0552. The molecule has 0 bridgehead atoms. The molecule has 0 aliphatic rings. The Morgan fingerprint density at radius 1 is 1.53 bits per heavy atom. The van der Waals surface area contributed by atoms with Crippen molar-refractivity contribution in [1.29, 1.82) is 0 Å². The Bertz CT molecular complexity index is 477. The average molecular weight is 206 g/mol. The average Bonchev–Trinajstić information content (AvgIpc) is 2.69. The molecule has 15 heavy (non-hydrogen) atoms. The Kier molecular flexibility index (Phi) is 2.45. The van der Waals surface area contributed by atoms with Gasteiger partial charge in [0.15, 0.2) is 17.2 Å². The van der Waals surface area contributed by atoms with Crippen molar-refractivity contribution in [2.75, 3.05) is 5.73 Å². The molecule has 0 fully saturated rings. The van der Waals surface area contributed by atoms with Crippen LogP contribution in [-0.4, -0.2) is 19.7 Å². The third-order valence-corrected chi connectivity index (χ3v) is 2.38. The van der Waals surface area contributed by atoms with Gasteiger partial charge in [0.05, 0.1) is 11.9 Å². The van der Waals surface area contributed by atoms with Crippen LogP contribution in [-0.2, 0) is 6.42 Å². The smallest absolute Gasteiger partial charge is 0.180 e. The van der Waals surface area contributed by atoms with Crippen molar-refractivity contribution >= 4 is 11.5 Å². The predicted molar refractivity (Wildman–Crippen MR) is 57.7 cm³/mol. The van der Waals surface area contributed by atoms with Crippen LogP contribution in [0.4, 0.5) is 5.82 Å². The molecule has 0 amide bonds. The molecule has 80 valence electrons. The molecule has 0 aliphatic heterocycles. The molecular weight excluding hydrogens is 192 g/mol. The molecule has 2 heterocycles. The van der Waals surface area contributed by atoms with E-state index in [1.54, 1.807) is 12.3 Å². The summed E-state index contributed by atoms with van der Waals surface area (Å²) in [6.45, 7) is 2.09. The molecule has 2 aromatic rings.